The van der Waals surface area contributed by atoms with Gasteiger partial charge >= 0.3 is 0 Å². The number of nitrogens with one attached hydrogen (secondary N) is 1. The van der Waals surface area contributed by atoms with E-state index in [4.69, 9.17) is 4.99 Å². The number of amidine groups is 1. The van der Waals surface area contributed by atoms with Crippen LogP contribution in [0.4, 0.5) is 4.39 Å². The zero-order valence-corrected chi connectivity index (χ0v) is 14.5. The Hall–Kier alpha value is -1.03. The number of hydrogen-bond acceptors (Lipinski definition) is 2. The van der Waals surface area contributed by atoms with E-state index in [9.17, 15) is 4.39 Å². The summed E-state index contributed by atoms with van der Waals surface area (Å²) in [5.74, 6) is 0.651. The van der Waals surface area contributed by atoms with Gasteiger partial charge in [0, 0.05) is 10.3 Å². The van der Waals surface area contributed by atoms with Crippen LogP contribution in [0.1, 0.15) is 52.0 Å². The topological polar surface area (TPSA) is 24.4 Å². The van der Waals surface area contributed by atoms with Gasteiger partial charge in [0.15, 0.2) is 5.17 Å². The molecule has 2 aliphatic rings. The van der Waals surface area contributed by atoms with E-state index in [0.29, 0.717) is 6.54 Å². The molecule has 1 aromatic carbocycles. The number of benzene rings is 1. The van der Waals surface area contributed by atoms with Crippen LogP contribution in [0.5, 0.6) is 0 Å². The smallest absolute Gasteiger partial charge is 0.157 e. The van der Waals surface area contributed by atoms with E-state index < -0.39 is 0 Å². The molecule has 2 fully saturated rings. The molecule has 1 aliphatic heterocycles. The van der Waals surface area contributed by atoms with E-state index in [1.807, 2.05) is 17.8 Å². The Morgan fingerprint density at radius 2 is 2.05 bits per heavy atom. The van der Waals surface area contributed by atoms with Crippen molar-refractivity contribution in [3.8, 4) is 0 Å². The van der Waals surface area contributed by atoms with E-state index in [-0.39, 0.29) is 16.1 Å². The van der Waals surface area contributed by atoms with Crippen molar-refractivity contribution in [3.63, 3.8) is 0 Å². The highest BCUT2D eigenvalue weighted by Crippen LogP contribution is 2.52. The molecule has 0 aromatic heterocycles. The number of hydrogen-bond donors (Lipinski definition) is 1. The summed E-state index contributed by atoms with van der Waals surface area (Å²) in [4.78, 5) is 4.70. The van der Waals surface area contributed by atoms with Gasteiger partial charge in [0.05, 0.1) is 6.54 Å². The van der Waals surface area contributed by atoms with Crippen LogP contribution in [0.15, 0.2) is 29.3 Å². The minimum atomic E-state index is -0.192. The van der Waals surface area contributed by atoms with E-state index in [2.05, 4.69) is 26.1 Å². The molecule has 1 aromatic rings. The Morgan fingerprint density at radius 3 is 2.73 bits per heavy atom. The van der Waals surface area contributed by atoms with Gasteiger partial charge in [-0.15, -0.1) is 0 Å². The van der Waals surface area contributed by atoms with Gasteiger partial charge in [-0.1, -0.05) is 30.8 Å². The molecule has 1 N–H and O–H groups in total. The van der Waals surface area contributed by atoms with E-state index in [1.54, 1.807) is 12.1 Å². The highest BCUT2D eigenvalue weighted by atomic mass is 32.2. The Morgan fingerprint density at radius 1 is 1.32 bits per heavy atom. The Labute approximate surface area is 137 Å². The third-order valence-corrected chi connectivity index (χ3v) is 6.96. The summed E-state index contributed by atoms with van der Waals surface area (Å²) in [7, 11) is 0. The quantitative estimate of drug-likeness (QED) is 0.850. The van der Waals surface area contributed by atoms with Crippen LogP contribution in [0, 0.1) is 11.7 Å². The van der Waals surface area contributed by atoms with Crippen LogP contribution in [0.25, 0.3) is 0 Å². The van der Waals surface area contributed by atoms with Crippen molar-refractivity contribution >= 4 is 16.9 Å². The molecular formula is C18H25FN2S. The monoisotopic (exact) mass is 320 g/mol. The molecule has 3 rings (SSSR count). The minimum absolute atomic E-state index is 0.0680. The Bertz CT molecular complexity index is 574. The van der Waals surface area contributed by atoms with Crippen molar-refractivity contribution in [1.82, 2.24) is 5.32 Å². The van der Waals surface area contributed by atoms with Crippen molar-refractivity contribution in [2.45, 2.75) is 63.3 Å². The number of aliphatic imine (C=N–C) groups is 1. The fourth-order valence-corrected chi connectivity index (χ4v) is 5.10. The molecule has 1 saturated carbocycles. The van der Waals surface area contributed by atoms with Gasteiger partial charge in [-0.25, -0.2) is 4.39 Å². The second-order valence-corrected chi connectivity index (χ2v) is 8.65. The average Bonchev–Trinajstić information content (AvgIpc) is 2.71. The first-order chi connectivity index (χ1) is 10.4. The van der Waals surface area contributed by atoms with Crippen molar-refractivity contribution in [1.29, 1.82) is 0 Å². The molecule has 0 unspecified atom stereocenters. The van der Waals surface area contributed by atoms with Gasteiger partial charge in [-0.05, 0) is 63.1 Å². The molecule has 120 valence electrons. The van der Waals surface area contributed by atoms with E-state index in [0.717, 1.165) is 16.6 Å². The molecular weight excluding hydrogens is 295 g/mol. The highest BCUT2D eigenvalue weighted by Gasteiger charge is 2.53. The summed E-state index contributed by atoms with van der Waals surface area (Å²) in [5.41, 5.74) is 0.990. The van der Waals surface area contributed by atoms with Crippen LogP contribution >= 0.6 is 11.8 Å². The molecule has 22 heavy (non-hydrogen) atoms. The molecule has 0 bridgehead atoms. The largest absolute Gasteiger partial charge is 0.359 e. The third-order valence-electron chi connectivity index (χ3n) is 5.23. The highest BCUT2D eigenvalue weighted by molar-refractivity contribution is 8.15. The minimum Gasteiger partial charge on any atom is -0.359 e. The third kappa shape index (κ3) is 3.03. The zero-order chi connectivity index (χ0) is 15.8. The number of rotatable bonds is 2. The predicted octanol–water partition coefficient (Wildman–Crippen LogP) is 4.75. The summed E-state index contributed by atoms with van der Waals surface area (Å²) >= 11 is 1.91. The van der Waals surface area contributed by atoms with Crippen LogP contribution in [0.2, 0.25) is 0 Å². The number of halogens is 1. The van der Waals surface area contributed by atoms with Crippen LogP contribution < -0.4 is 5.32 Å². The van der Waals surface area contributed by atoms with Crippen molar-refractivity contribution in [2.75, 3.05) is 0 Å². The molecule has 4 heteroatoms. The maximum Gasteiger partial charge on any atom is 0.157 e. The molecule has 2 nitrogen and oxygen atoms in total. The van der Waals surface area contributed by atoms with E-state index in [1.165, 1.54) is 31.7 Å². The normalized spacial score (nSPS) is 32.4. The fraction of sp³-hybridized carbons (Fsp3) is 0.611. The Balaban J connectivity index is 1.73. The standard InChI is InChI=1S/C18H25FN2S/c1-13-7-9-18(10-8-13)17(2,3)21-16(22-18)20-12-14-5-4-6-15(19)11-14/h4-6,11,13H,7-10,12H2,1-3H3,(H,20,21). The molecule has 0 atom stereocenters. The lowest BCUT2D eigenvalue weighted by atomic mass is 9.73. The fourth-order valence-electron chi connectivity index (χ4n) is 3.55. The number of thioether (sulfide) groups is 1. The van der Waals surface area contributed by atoms with Gasteiger partial charge < -0.3 is 5.32 Å². The molecule has 0 amide bonds. The predicted molar refractivity (Wildman–Crippen MR) is 92.7 cm³/mol. The van der Waals surface area contributed by atoms with Gasteiger partial charge in [0.1, 0.15) is 5.82 Å². The molecule has 1 spiro atoms. The second-order valence-electron chi connectivity index (χ2n) is 7.28. The SMILES string of the molecule is CC1CCC2(CC1)SC(=NCc1cccc(F)c1)NC2(C)C. The first-order valence-corrected chi connectivity index (χ1v) is 8.98. The lowest BCUT2D eigenvalue weighted by molar-refractivity contribution is 0.231. The van der Waals surface area contributed by atoms with E-state index >= 15 is 0 Å². The number of nitrogens with zero attached hydrogens (tertiary/aromatic N) is 1. The van der Waals surface area contributed by atoms with Gasteiger partial charge in [0.25, 0.3) is 0 Å². The maximum absolute atomic E-state index is 13.2. The maximum atomic E-state index is 13.2. The van der Waals surface area contributed by atoms with Crippen molar-refractivity contribution in [2.24, 2.45) is 10.9 Å². The second kappa shape index (κ2) is 5.88. The van der Waals surface area contributed by atoms with Gasteiger partial charge in [0.2, 0.25) is 0 Å². The summed E-state index contributed by atoms with van der Waals surface area (Å²) in [5, 5.41) is 4.63. The van der Waals surface area contributed by atoms with Crippen LogP contribution in [-0.2, 0) is 6.54 Å². The first kappa shape index (κ1) is 15.9. The molecule has 1 saturated heterocycles. The summed E-state index contributed by atoms with van der Waals surface area (Å²) in [6.07, 6.45) is 5.10. The zero-order valence-electron chi connectivity index (χ0n) is 13.7. The van der Waals surface area contributed by atoms with Crippen molar-refractivity contribution < 1.29 is 4.39 Å². The Kier molecular flexibility index (Phi) is 4.23. The molecule has 1 heterocycles. The van der Waals surface area contributed by atoms with Gasteiger partial charge in [-0.3, -0.25) is 4.99 Å². The molecule has 0 radical (unpaired) electrons. The molecule has 1 aliphatic carbocycles. The first-order valence-electron chi connectivity index (χ1n) is 8.16. The van der Waals surface area contributed by atoms with Crippen LogP contribution in [0.3, 0.4) is 0 Å². The lowest BCUT2D eigenvalue weighted by Crippen LogP contribution is -2.52. The van der Waals surface area contributed by atoms with Crippen molar-refractivity contribution in [3.05, 3.63) is 35.6 Å². The average molecular weight is 320 g/mol. The summed E-state index contributed by atoms with van der Waals surface area (Å²) in [6.45, 7) is 7.48. The lowest BCUT2D eigenvalue weighted by Gasteiger charge is -2.43. The summed E-state index contributed by atoms with van der Waals surface area (Å²) < 4.78 is 13.5. The van der Waals surface area contributed by atoms with Gasteiger partial charge in [-0.2, -0.15) is 0 Å². The van der Waals surface area contributed by atoms with Crippen LogP contribution in [-0.4, -0.2) is 15.5 Å². The summed E-state index contributed by atoms with van der Waals surface area (Å²) in [6, 6.07) is 6.71.